The second-order valence-corrected chi connectivity index (χ2v) is 4.08. The number of hydrogen-bond acceptors (Lipinski definition) is 2. The number of rotatable bonds is 3. The molecule has 0 saturated heterocycles. The summed E-state index contributed by atoms with van der Waals surface area (Å²) in [7, 11) is 0. The number of nitrogens with two attached hydrogens (primary N) is 1. The molecular formula is C11H14ClNO2. The van der Waals surface area contributed by atoms with Gasteiger partial charge in [-0.25, -0.2) is 0 Å². The summed E-state index contributed by atoms with van der Waals surface area (Å²) in [6, 6.07) is 2.93. The molecular weight excluding hydrogens is 214 g/mol. The zero-order chi connectivity index (χ0) is 11.6. The number of hydrogen-bond donors (Lipinski definition) is 2. The van der Waals surface area contributed by atoms with Crippen molar-refractivity contribution in [3.63, 3.8) is 0 Å². The molecule has 1 atom stereocenters. The Balaban J connectivity index is 2.99. The molecule has 1 unspecified atom stereocenters. The first-order chi connectivity index (χ1) is 6.91. The van der Waals surface area contributed by atoms with E-state index in [1.165, 1.54) is 0 Å². The van der Waals surface area contributed by atoms with E-state index in [1.807, 2.05) is 26.0 Å². The predicted molar refractivity (Wildman–Crippen MR) is 60.2 cm³/mol. The Labute approximate surface area is 93.9 Å². The van der Waals surface area contributed by atoms with Crippen molar-refractivity contribution in [1.82, 2.24) is 0 Å². The van der Waals surface area contributed by atoms with Crippen LogP contribution in [0.5, 0.6) is 0 Å². The van der Waals surface area contributed by atoms with Crippen LogP contribution in [-0.4, -0.2) is 17.1 Å². The molecule has 3 nitrogen and oxygen atoms in total. The highest BCUT2D eigenvalue weighted by molar-refractivity contribution is 6.32. The van der Waals surface area contributed by atoms with Gasteiger partial charge in [0.2, 0.25) is 0 Å². The minimum atomic E-state index is -1.01. The minimum absolute atomic E-state index is 0.261. The Morgan fingerprint density at radius 2 is 2.13 bits per heavy atom. The smallest absolute Gasteiger partial charge is 0.320 e. The molecule has 0 aromatic heterocycles. The summed E-state index contributed by atoms with van der Waals surface area (Å²) >= 11 is 6.07. The first kappa shape index (κ1) is 12.0. The zero-order valence-electron chi connectivity index (χ0n) is 8.75. The van der Waals surface area contributed by atoms with Gasteiger partial charge in [0.1, 0.15) is 6.04 Å². The van der Waals surface area contributed by atoms with Gasteiger partial charge in [0, 0.05) is 5.02 Å². The van der Waals surface area contributed by atoms with Crippen LogP contribution < -0.4 is 5.73 Å². The van der Waals surface area contributed by atoms with Gasteiger partial charge < -0.3 is 10.8 Å². The van der Waals surface area contributed by atoms with Crippen LogP contribution in [0, 0.1) is 13.8 Å². The number of carboxylic acid groups (broad SMARTS) is 1. The number of benzene rings is 1. The Bertz CT molecular complexity index is 390. The highest BCUT2D eigenvalue weighted by Gasteiger charge is 2.15. The largest absolute Gasteiger partial charge is 0.480 e. The Hall–Kier alpha value is -1.06. The van der Waals surface area contributed by atoms with Crippen LogP contribution in [0.3, 0.4) is 0 Å². The molecule has 1 aromatic carbocycles. The number of carboxylic acids is 1. The lowest BCUT2D eigenvalue weighted by atomic mass is 10.0. The standard InChI is InChI=1S/C11H14ClNO2/c1-6-3-7(2)10(12)8(4-6)5-9(13)11(14)15/h3-4,9H,5,13H2,1-2H3,(H,14,15). The first-order valence-electron chi connectivity index (χ1n) is 4.66. The zero-order valence-corrected chi connectivity index (χ0v) is 9.51. The molecule has 0 spiro atoms. The van der Waals surface area contributed by atoms with Crippen molar-refractivity contribution in [2.45, 2.75) is 26.3 Å². The van der Waals surface area contributed by atoms with E-state index in [0.29, 0.717) is 5.02 Å². The quantitative estimate of drug-likeness (QED) is 0.829. The molecule has 4 heteroatoms. The Kier molecular flexibility index (Phi) is 3.72. The normalized spacial score (nSPS) is 12.5. The van der Waals surface area contributed by atoms with Crippen molar-refractivity contribution in [2.75, 3.05) is 0 Å². The average molecular weight is 228 g/mol. The van der Waals surface area contributed by atoms with Crippen LogP contribution in [0.4, 0.5) is 0 Å². The van der Waals surface area contributed by atoms with Crippen LogP contribution in [0.1, 0.15) is 16.7 Å². The van der Waals surface area contributed by atoms with E-state index in [0.717, 1.165) is 16.7 Å². The van der Waals surface area contributed by atoms with Gasteiger partial charge in [-0.05, 0) is 31.4 Å². The van der Waals surface area contributed by atoms with Gasteiger partial charge in [0.15, 0.2) is 0 Å². The molecule has 82 valence electrons. The number of carbonyl (C=O) groups is 1. The van der Waals surface area contributed by atoms with E-state index in [9.17, 15) is 4.79 Å². The van der Waals surface area contributed by atoms with Crippen molar-refractivity contribution >= 4 is 17.6 Å². The van der Waals surface area contributed by atoms with Gasteiger partial charge >= 0.3 is 5.97 Å². The van der Waals surface area contributed by atoms with Crippen molar-refractivity contribution in [3.05, 3.63) is 33.8 Å². The summed E-state index contributed by atoms with van der Waals surface area (Å²) in [4.78, 5) is 10.6. The van der Waals surface area contributed by atoms with E-state index in [-0.39, 0.29) is 6.42 Å². The van der Waals surface area contributed by atoms with E-state index in [2.05, 4.69) is 0 Å². The summed E-state index contributed by atoms with van der Waals surface area (Å²) in [5.41, 5.74) is 8.26. The average Bonchev–Trinajstić information content (AvgIpc) is 2.13. The predicted octanol–water partition coefficient (Wildman–Crippen LogP) is 1.91. The van der Waals surface area contributed by atoms with Gasteiger partial charge in [-0.2, -0.15) is 0 Å². The maximum absolute atomic E-state index is 10.6. The molecule has 0 aliphatic rings. The summed E-state index contributed by atoms with van der Waals surface area (Å²) in [5, 5.41) is 9.31. The molecule has 1 rings (SSSR count). The molecule has 0 fully saturated rings. The summed E-state index contributed by atoms with van der Waals surface area (Å²) < 4.78 is 0. The number of halogens is 1. The van der Waals surface area contributed by atoms with Crippen LogP contribution >= 0.6 is 11.6 Å². The third-order valence-electron chi connectivity index (χ3n) is 2.23. The summed E-state index contributed by atoms with van der Waals surface area (Å²) in [6.07, 6.45) is 0.261. The number of aliphatic carboxylic acids is 1. The molecule has 0 heterocycles. The highest BCUT2D eigenvalue weighted by Crippen LogP contribution is 2.23. The van der Waals surface area contributed by atoms with E-state index < -0.39 is 12.0 Å². The van der Waals surface area contributed by atoms with Crippen LogP contribution in [0.15, 0.2) is 12.1 Å². The van der Waals surface area contributed by atoms with E-state index in [1.54, 1.807) is 0 Å². The molecule has 0 radical (unpaired) electrons. The first-order valence-corrected chi connectivity index (χ1v) is 5.03. The van der Waals surface area contributed by atoms with Crippen molar-refractivity contribution in [3.8, 4) is 0 Å². The second-order valence-electron chi connectivity index (χ2n) is 3.70. The third-order valence-corrected chi connectivity index (χ3v) is 2.77. The minimum Gasteiger partial charge on any atom is -0.480 e. The maximum atomic E-state index is 10.6. The van der Waals surface area contributed by atoms with Crippen molar-refractivity contribution in [1.29, 1.82) is 0 Å². The van der Waals surface area contributed by atoms with Gasteiger partial charge in [0.05, 0.1) is 0 Å². The molecule has 3 N–H and O–H groups in total. The van der Waals surface area contributed by atoms with Crippen LogP contribution in [-0.2, 0) is 11.2 Å². The van der Waals surface area contributed by atoms with E-state index >= 15 is 0 Å². The van der Waals surface area contributed by atoms with Gasteiger partial charge in [0.25, 0.3) is 0 Å². The van der Waals surface area contributed by atoms with Crippen molar-refractivity contribution in [2.24, 2.45) is 5.73 Å². The number of aryl methyl sites for hydroxylation is 2. The molecule has 0 saturated carbocycles. The lowest BCUT2D eigenvalue weighted by Gasteiger charge is -2.11. The fraction of sp³-hybridized carbons (Fsp3) is 0.364. The monoisotopic (exact) mass is 227 g/mol. The third kappa shape index (κ3) is 2.94. The fourth-order valence-corrected chi connectivity index (χ4v) is 1.70. The lowest BCUT2D eigenvalue weighted by Crippen LogP contribution is -2.32. The second kappa shape index (κ2) is 4.64. The molecule has 0 aliphatic heterocycles. The molecule has 0 amide bonds. The van der Waals surface area contributed by atoms with Crippen LogP contribution in [0.25, 0.3) is 0 Å². The molecule has 0 aliphatic carbocycles. The Morgan fingerprint density at radius 1 is 1.53 bits per heavy atom. The van der Waals surface area contributed by atoms with Gasteiger partial charge in [-0.15, -0.1) is 0 Å². The molecule has 0 bridgehead atoms. The van der Waals surface area contributed by atoms with Crippen LogP contribution in [0.2, 0.25) is 5.02 Å². The highest BCUT2D eigenvalue weighted by atomic mass is 35.5. The summed E-state index contributed by atoms with van der Waals surface area (Å²) in [5.74, 6) is -1.01. The van der Waals surface area contributed by atoms with E-state index in [4.69, 9.17) is 22.4 Å². The maximum Gasteiger partial charge on any atom is 0.320 e. The SMILES string of the molecule is Cc1cc(C)c(Cl)c(CC(N)C(=O)O)c1. The Morgan fingerprint density at radius 3 is 2.67 bits per heavy atom. The summed E-state index contributed by atoms with van der Waals surface area (Å²) in [6.45, 7) is 3.84. The van der Waals surface area contributed by atoms with Gasteiger partial charge in [-0.1, -0.05) is 29.3 Å². The molecule has 15 heavy (non-hydrogen) atoms. The van der Waals surface area contributed by atoms with Crippen molar-refractivity contribution < 1.29 is 9.90 Å². The topological polar surface area (TPSA) is 63.3 Å². The molecule has 1 aromatic rings. The lowest BCUT2D eigenvalue weighted by molar-refractivity contribution is -0.138. The fourth-order valence-electron chi connectivity index (χ4n) is 1.51. The van der Waals surface area contributed by atoms with Gasteiger partial charge in [-0.3, -0.25) is 4.79 Å².